The Morgan fingerprint density at radius 3 is 0.556 bits per heavy atom. The molecule has 0 aliphatic heterocycles. The van der Waals surface area contributed by atoms with Crippen molar-refractivity contribution >= 4 is 90.6 Å². The van der Waals surface area contributed by atoms with Crippen LogP contribution in [0.2, 0.25) is 0 Å². The minimum atomic E-state index is -5.61. The molecule has 18 heavy (non-hydrogen) atoms. The van der Waals surface area contributed by atoms with E-state index in [0.29, 0.717) is 0 Å². The average Bonchev–Trinajstić information content (AvgIpc) is 1.41. The van der Waals surface area contributed by atoms with Gasteiger partial charge in [-0.05, 0) is 0 Å². The Hall–Kier alpha value is 2.24. The summed E-state index contributed by atoms with van der Waals surface area (Å²) in [6.45, 7) is 0. The van der Waals surface area contributed by atoms with Crippen LogP contribution in [0.1, 0.15) is 0 Å². The minimum Gasteiger partial charge on any atom is -0.894 e. The fourth-order valence-electron chi connectivity index (χ4n) is 0. The molecule has 5 N–H and O–H groups in total. The fraction of sp³-hybridized carbons (Fsp3) is 0. The van der Waals surface area contributed by atoms with Gasteiger partial charge in [-0.3, -0.25) is 0 Å². The molecule has 0 aromatic carbocycles. The molecule has 0 aliphatic rings. The first-order chi connectivity index (χ1) is 6.00. The Morgan fingerprint density at radius 2 is 0.556 bits per heavy atom. The zero-order chi connectivity index (χ0) is 13.5. The Kier molecular flexibility index (Phi) is 32.1. The molecule has 96 valence electrons. The van der Waals surface area contributed by atoms with Crippen molar-refractivity contribution < 1.29 is 57.5 Å². The van der Waals surface area contributed by atoms with Crippen LogP contribution in [0.15, 0.2) is 0 Å². The molecule has 0 unspecified atom stereocenters. The molecule has 0 aliphatic carbocycles. The summed E-state index contributed by atoms with van der Waals surface area (Å²) >= 11 is 0. The van der Waals surface area contributed by atoms with E-state index in [-0.39, 0.29) is 63.5 Å². The quantitative estimate of drug-likeness (QED) is 0.253. The van der Waals surface area contributed by atoms with E-state index in [4.69, 9.17) is 57.5 Å². The number of hydrogen-bond donors (Lipinski definition) is 5. The van der Waals surface area contributed by atoms with Crippen LogP contribution < -0.4 is 33.6 Å². The molecule has 12 nitrogen and oxygen atoms in total. The molecule has 0 atom stereocenters. The van der Waals surface area contributed by atoms with Crippen LogP contribution in [-0.2, 0) is 0 Å². The molecule has 0 saturated carbocycles. The normalized spacial score (nSPS) is 10.0. The molecule has 0 rings (SSSR count). The van der Waals surface area contributed by atoms with Crippen LogP contribution in [-0.4, -0.2) is 115 Å². The van der Waals surface area contributed by atoms with Gasteiger partial charge < -0.3 is 66.6 Å². The first kappa shape index (κ1) is 36.9. The van der Waals surface area contributed by atoms with E-state index in [1.54, 1.807) is 0 Å². The summed E-state index contributed by atoms with van der Waals surface area (Å²) in [5, 5.41) is 0. The van der Waals surface area contributed by atoms with Crippen LogP contribution in [0.5, 0.6) is 0 Å². The van der Waals surface area contributed by atoms with Crippen molar-refractivity contribution in [2.45, 2.75) is 0 Å². The monoisotopic (exact) mass is 356 g/mol. The van der Waals surface area contributed by atoms with Crippen molar-refractivity contribution in [1.82, 2.24) is 0 Å². The van der Waals surface area contributed by atoms with Crippen LogP contribution in [0.25, 0.3) is 0 Å². The van der Waals surface area contributed by atoms with E-state index in [1.807, 2.05) is 0 Å². The summed E-state index contributed by atoms with van der Waals surface area (Å²) in [6.07, 6.45) is 0. The van der Waals surface area contributed by atoms with E-state index < -0.39 is 27.1 Å². The van der Waals surface area contributed by atoms with Crippen molar-refractivity contribution in [2.24, 2.45) is 0 Å². The van der Waals surface area contributed by atoms with E-state index in [1.165, 1.54) is 0 Å². The first-order valence-electron chi connectivity index (χ1n) is 2.55. The third-order valence-corrected chi connectivity index (χ3v) is 0. The predicted molar refractivity (Wildman–Crippen MR) is 45.6 cm³/mol. The van der Waals surface area contributed by atoms with Gasteiger partial charge in [-0.25, -0.2) is 0 Å². The van der Waals surface area contributed by atoms with Gasteiger partial charge in [-0.2, -0.15) is 0 Å². The molecule has 0 fully saturated rings. The van der Waals surface area contributed by atoms with Crippen molar-refractivity contribution in [2.75, 3.05) is 0 Å². The molecule has 0 spiro atoms. The van der Waals surface area contributed by atoms with E-state index in [9.17, 15) is 0 Å². The maximum atomic E-state index is 8.69. The van der Waals surface area contributed by atoms with Gasteiger partial charge in [0.25, 0.3) is 0 Å². The minimum absolute atomic E-state index is 0. The molecular weight excluding hydrogens is 352 g/mol. The van der Waals surface area contributed by atoms with Gasteiger partial charge in [0.1, 0.15) is 0 Å². The van der Waals surface area contributed by atoms with E-state index >= 15 is 0 Å². The zero-order valence-corrected chi connectivity index (χ0v) is 15.6. The van der Waals surface area contributed by atoms with E-state index in [0.717, 1.165) is 0 Å². The molecule has 0 aromatic rings. The number of hydrogen-bond acceptors (Lipinski definition) is 12. The molecule has 0 saturated heterocycles. The second kappa shape index (κ2) is 15.6. The zero-order valence-electron chi connectivity index (χ0n) is 8.59. The molecule has 18 heteroatoms. The molecule has 0 amide bonds. The van der Waals surface area contributed by atoms with Crippen molar-refractivity contribution in [1.29, 1.82) is 0 Å². The topological polar surface area (TPSA) is 263 Å². The van der Waals surface area contributed by atoms with Crippen LogP contribution in [0.3, 0.4) is 0 Å². The van der Waals surface area contributed by atoms with Gasteiger partial charge >= 0.3 is 72.5 Å². The fourth-order valence-corrected chi connectivity index (χ4v) is 0. The van der Waals surface area contributed by atoms with Gasteiger partial charge in [0.15, 0.2) is 0 Å². The Labute approximate surface area is 147 Å². The molecular formula is H5AlMg2O12Si3. The van der Waals surface area contributed by atoms with Gasteiger partial charge in [0, 0.05) is 0 Å². The van der Waals surface area contributed by atoms with Crippen LogP contribution in [0, 0.1) is 0 Å². The van der Waals surface area contributed by atoms with Crippen molar-refractivity contribution in [3.63, 3.8) is 0 Å². The third-order valence-electron chi connectivity index (χ3n) is 0. The summed E-state index contributed by atoms with van der Waals surface area (Å²) in [5.74, 6) is 0. The Balaban J connectivity index is -0.0000000277. The predicted octanol–water partition coefficient (Wildman–Crippen LogP) is -13.4. The first-order valence-corrected chi connectivity index (χ1v) is 7.64. The maximum Gasteiger partial charge on any atom is 3.00 e. The van der Waals surface area contributed by atoms with Crippen molar-refractivity contribution in [3.05, 3.63) is 0 Å². The molecule has 0 bridgehead atoms. The summed E-state index contributed by atoms with van der Waals surface area (Å²) in [6, 6.07) is 0. The summed E-state index contributed by atoms with van der Waals surface area (Å²) in [4.78, 5) is 96.7. The second-order valence-electron chi connectivity index (χ2n) is 1.62. The average molecular weight is 357 g/mol. The summed E-state index contributed by atoms with van der Waals surface area (Å²) in [7, 11) is -15.6. The molecule has 0 radical (unpaired) electrons. The summed E-state index contributed by atoms with van der Waals surface area (Å²) in [5.41, 5.74) is 0. The van der Waals surface area contributed by atoms with Gasteiger partial charge in [-0.1, -0.05) is 0 Å². The third kappa shape index (κ3) is 1080. The largest absolute Gasteiger partial charge is 3.00 e. The smallest absolute Gasteiger partial charge is 0.894 e. The van der Waals surface area contributed by atoms with Crippen molar-refractivity contribution in [3.8, 4) is 0 Å². The van der Waals surface area contributed by atoms with Gasteiger partial charge in [-0.15, -0.1) is 9.05 Å². The second-order valence-corrected chi connectivity index (χ2v) is 4.87. The Morgan fingerprint density at radius 1 is 0.556 bits per heavy atom. The van der Waals surface area contributed by atoms with Gasteiger partial charge in [0.2, 0.25) is 0 Å². The van der Waals surface area contributed by atoms with Crippen LogP contribution >= 0.6 is 0 Å². The Bertz CT molecular complexity index is 100. The van der Waals surface area contributed by atoms with Crippen LogP contribution in [0.4, 0.5) is 0 Å². The number of rotatable bonds is 0. The van der Waals surface area contributed by atoms with Gasteiger partial charge in [0.05, 0.1) is 0 Å². The maximum absolute atomic E-state index is 8.69. The summed E-state index contributed by atoms with van der Waals surface area (Å²) < 4.78 is 0. The van der Waals surface area contributed by atoms with E-state index in [2.05, 4.69) is 0 Å². The molecule has 0 heterocycles. The SMILES string of the molecule is O[Si](O)(O)O.[Al+3].[Mg+2].[Mg+2].[O-][Si]([O-])([O-])O.[O-][Si]([O-])([O-])[O-]. The molecule has 0 aromatic heterocycles. The standard InChI is InChI=1S/Al.2Mg.H4O4Si.HO4Si.O4Si/c;;;3*1-5(2,3)4/h;;;1-4H;1H;/q+3;2*+2;;-3;-4.